The molecule has 1 N–H and O–H groups in total. The SMILES string of the molecule is Cc1ccc(=O)n(C2CCC(Nc3ncc(F)cn3)CC2)n1. The second-order valence-electron chi connectivity index (χ2n) is 5.63. The van der Waals surface area contributed by atoms with Crippen molar-refractivity contribution < 1.29 is 4.39 Å². The van der Waals surface area contributed by atoms with E-state index in [-0.39, 0.29) is 17.6 Å². The minimum absolute atomic E-state index is 0.0520. The van der Waals surface area contributed by atoms with Crippen molar-refractivity contribution in [2.45, 2.75) is 44.7 Å². The van der Waals surface area contributed by atoms with Gasteiger partial charge in [0, 0.05) is 12.1 Å². The van der Waals surface area contributed by atoms with Crippen LogP contribution in [-0.4, -0.2) is 25.8 Å². The second-order valence-corrected chi connectivity index (χ2v) is 5.63. The van der Waals surface area contributed by atoms with Crippen LogP contribution in [0.2, 0.25) is 0 Å². The van der Waals surface area contributed by atoms with Crippen LogP contribution < -0.4 is 10.9 Å². The van der Waals surface area contributed by atoms with Crippen molar-refractivity contribution in [1.82, 2.24) is 19.7 Å². The lowest BCUT2D eigenvalue weighted by Gasteiger charge is -2.29. The zero-order chi connectivity index (χ0) is 15.5. The number of aromatic nitrogens is 4. The predicted molar refractivity (Wildman–Crippen MR) is 80.1 cm³/mol. The average Bonchev–Trinajstić information content (AvgIpc) is 2.53. The first-order valence-electron chi connectivity index (χ1n) is 7.42. The molecule has 0 saturated heterocycles. The van der Waals surface area contributed by atoms with E-state index in [4.69, 9.17) is 0 Å². The molecule has 1 saturated carbocycles. The smallest absolute Gasteiger partial charge is 0.267 e. The number of rotatable bonds is 3. The Bertz CT molecular complexity index is 692. The van der Waals surface area contributed by atoms with Gasteiger partial charge in [-0.25, -0.2) is 19.0 Å². The van der Waals surface area contributed by atoms with E-state index in [1.54, 1.807) is 16.8 Å². The molecule has 0 amide bonds. The van der Waals surface area contributed by atoms with E-state index in [9.17, 15) is 9.18 Å². The Balaban J connectivity index is 1.61. The lowest BCUT2D eigenvalue weighted by molar-refractivity contribution is 0.302. The van der Waals surface area contributed by atoms with Gasteiger partial charge in [-0.05, 0) is 38.7 Å². The summed E-state index contributed by atoms with van der Waals surface area (Å²) in [7, 11) is 0. The molecular weight excluding hydrogens is 285 g/mol. The third-order valence-corrected chi connectivity index (χ3v) is 3.95. The molecule has 0 atom stereocenters. The molecule has 1 aliphatic carbocycles. The Labute approximate surface area is 127 Å². The highest BCUT2D eigenvalue weighted by atomic mass is 19.1. The minimum atomic E-state index is -0.445. The van der Waals surface area contributed by atoms with E-state index >= 15 is 0 Å². The van der Waals surface area contributed by atoms with Gasteiger partial charge in [-0.15, -0.1) is 0 Å². The van der Waals surface area contributed by atoms with Crippen LogP contribution in [0.1, 0.15) is 37.4 Å². The van der Waals surface area contributed by atoms with Gasteiger partial charge in [-0.1, -0.05) is 0 Å². The van der Waals surface area contributed by atoms with Crippen LogP contribution >= 0.6 is 0 Å². The predicted octanol–water partition coefficient (Wildman–Crippen LogP) is 2.08. The van der Waals surface area contributed by atoms with Crippen molar-refractivity contribution in [3.63, 3.8) is 0 Å². The maximum Gasteiger partial charge on any atom is 0.267 e. The Morgan fingerprint density at radius 1 is 1.18 bits per heavy atom. The number of aryl methyl sites for hydroxylation is 1. The van der Waals surface area contributed by atoms with Crippen molar-refractivity contribution in [2.24, 2.45) is 0 Å². The van der Waals surface area contributed by atoms with Crippen molar-refractivity contribution in [3.05, 3.63) is 46.4 Å². The third-order valence-electron chi connectivity index (χ3n) is 3.95. The van der Waals surface area contributed by atoms with Crippen LogP contribution in [0.25, 0.3) is 0 Å². The van der Waals surface area contributed by atoms with Gasteiger partial charge in [-0.3, -0.25) is 4.79 Å². The summed E-state index contributed by atoms with van der Waals surface area (Å²) in [6, 6.07) is 3.68. The molecule has 22 heavy (non-hydrogen) atoms. The first-order valence-corrected chi connectivity index (χ1v) is 7.42. The molecule has 2 aromatic heterocycles. The Morgan fingerprint density at radius 2 is 1.86 bits per heavy atom. The zero-order valence-electron chi connectivity index (χ0n) is 12.4. The molecule has 0 unspecified atom stereocenters. The molecular formula is C15H18FN5O. The molecule has 116 valence electrons. The van der Waals surface area contributed by atoms with Gasteiger partial charge >= 0.3 is 0 Å². The quantitative estimate of drug-likeness (QED) is 0.940. The number of nitrogens with zero attached hydrogens (tertiary/aromatic N) is 4. The van der Waals surface area contributed by atoms with Gasteiger partial charge in [-0.2, -0.15) is 5.10 Å². The summed E-state index contributed by atoms with van der Waals surface area (Å²) in [4.78, 5) is 19.7. The molecule has 3 rings (SSSR count). The monoisotopic (exact) mass is 303 g/mol. The molecule has 1 aliphatic rings. The standard InChI is InChI=1S/C15H18FN5O/c1-10-2-7-14(22)21(20-10)13-5-3-12(4-6-13)19-15-17-8-11(16)9-18-15/h2,7-9,12-13H,3-6H2,1H3,(H,17,18,19). The summed E-state index contributed by atoms with van der Waals surface area (Å²) in [5, 5.41) is 7.54. The Morgan fingerprint density at radius 3 is 2.55 bits per heavy atom. The fraction of sp³-hybridized carbons (Fsp3) is 0.467. The van der Waals surface area contributed by atoms with Crippen LogP contribution in [0.3, 0.4) is 0 Å². The minimum Gasteiger partial charge on any atom is -0.351 e. The summed E-state index contributed by atoms with van der Waals surface area (Å²) in [6.45, 7) is 1.88. The summed E-state index contributed by atoms with van der Waals surface area (Å²) in [5.41, 5.74) is 0.795. The van der Waals surface area contributed by atoms with Crippen LogP contribution in [0.15, 0.2) is 29.3 Å². The first kappa shape index (κ1) is 14.6. The molecule has 0 aliphatic heterocycles. The third kappa shape index (κ3) is 3.29. The van der Waals surface area contributed by atoms with Gasteiger partial charge < -0.3 is 5.32 Å². The fourth-order valence-corrected chi connectivity index (χ4v) is 2.82. The fourth-order valence-electron chi connectivity index (χ4n) is 2.82. The van der Waals surface area contributed by atoms with Gasteiger partial charge in [0.2, 0.25) is 5.95 Å². The molecule has 6 nitrogen and oxygen atoms in total. The molecule has 7 heteroatoms. The number of hydrogen-bond donors (Lipinski definition) is 1. The van der Waals surface area contributed by atoms with E-state index in [1.807, 2.05) is 6.92 Å². The molecule has 0 aromatic carbocycles. The maximum absolute atomic E-state index is 12.8. The van der Waals surface area contributed by atoms with Crippen molar-refractivity contribution in [1.29, 1.82) is 0 Å². The van der Waals surface area contributed by atoms with E-state index in [2.05, 4.69) is 20.4 Å². The molecule has 2 aromatic rings. The molecule has 1 fully saturated rings. The van der Waals surface area contributed by atoms with E-state index in [0.717, 1.165) is 43.8 Å². The maximum atomic E-state index is 12.8. The van der Waals surface area contributed by atoms with E-state index in [0.29, 0.717) is 5.95 Å². The zero-order valence-corrected chi connectivity index (χ0v) is 12.4. The van der Waals surface area contributed by atoms with Gasteiger partial charge in [0.15, 0.2) is 5.82 Å². The molecule has 2 heterocycles. The number of hydrogen-bond acceptors (Lipinski definition) is 5. The Hall–Kier alpha value is -2.31. The number of anilines is 1. The van der Waals surface area contributed by atoms with Gasteiger partial charge in [0.1, 0.15) is 0 Å². The molecule has 0 spiro atoms. The molecule has 0 bridgehead atoms. The number of halogens is 1. The summed E-state index contributed by atoms with van der Waals surface area (Å²) in [5.74, 6) is -0.00477. The summed E-state index contributed by atoms with van der Waals surface area (Å²) < 4.78 is 14.4. The highest BCUT2D eigenvalue weighted by Gasteiger charge is 2.24. The second kappa shape index (κ2) is 6.21. The molecule has 0 radical (unpaired) electrons. The largest absolute Gasteiger partial charge is 0.351 e. The van der Waals surface area contributed by atoms with Crippen LogP contribution in [0.5, 0.6) is 0 Å². The number of nitrogens with one attached hydrogen (secondary N) is 1. The van der Waals surface area contributed by atoms with Gasteiger partial charge in [0.05, 0.1) is 24.1 Å². The first-order chi connectivity index (χ1) is 10.6. The van der Waals surface area contributed by atoms with Gasteiger partial charge in [0.25, 0.3) is 5.56 Å². The lowest BCUT2D eigenvalue weighted by atomic mass is 9.91. The average molecular weight is 303 g/mol. The Kier molecular flexibility index (Phi) is 4.13. The van der Waals surface area contributed by atoms with Crippen LogP contribution in [0, 0.1) is 12.7 Å². The normalized spacial score (nSPS) is 21.5. The van der Waals surface area contributed by atoms with Crippen molar-refractivity contribution in [3.8, 4) is 0 Å². The summed E-state index contributed by atoms with van der Waals surface area (Å²) >= 11 is 0. The summed E-state index contributed by atoms with van der Waals surface area (Å²) in [6.07, 6.45) is 5.83. The van der Waals surface area contributed by atoms with E-state index in [1.165, 1.54) is 0 Å². The van der Waals surface area contributed by atoms with Crippen LogP contribution in [0.4, 0.5) is 10.3 Å². The van der Waals surface area contributed by atoms with Crippen LogP contribution in [-0.2, 0) is 0 Å². The van der Waals surface area contributed by atoms with Crippen molar-refractivity contribution in [2.75, 3.05) is 5.32 Å². The highest BCUT2D eigenvalue weighted by Crippen LogP contribution is 2.28. The lowest BCUT2D eigenvalue weighted by Crippen LogP contribution is -2.33. The van der Waals surface area contributed by atoms with E-state index < -0.39 is 5.82 Å². The highest BCUT2D eigenvalue weighted by molar-refractivity contribution is 5.24. The van der Waals surface area contributed by atoms with Crippen molar-refractivity contribution >= 4 is 5.95 Å². The topological polar surface area (TPSA) is 72.7 Å².